The molecule has 0 radical (unpaired) electrons. The van der Waals surface area contributed by atoms with Gasteiger partial charge in [0.1, 0.15) is 5.01 Å². The standard InChI is InChI=1S/C14H18N2O2S/c1-3-12-9(2)19-14(16-12)11(8-15)13(17)7-10-5-4-6-18-10/h10-11H,3-7H2,1-2H3/t10-,11+/m0/s1. The van der Waals surface area contributed by atoms with Gasteiger partial charge in [-0.25, -0.2) is 4.98 Å². The largest absolute Gasteiger partial charge is 0.378 e. The maximum Gasteiger partial charge on any atom is 0.159 e. The van der Waals surface area contributed by atoms with Crippen molar-refractivity contribution in [3.63, 3.8) is 0 Å². The quantitative estimate of drug-likeness (QED) is 0.830. The number of nitriles is 1. The number of nitrogens with zero attached hydrogens (tertiary/aromatic N) is 2. The second-order valence-corrected chi connectivity index (χ2v) is 6.01. The molecule has 2 atom stereocenters. The molecule has 0 spiro atoms. The first-order chi connectivity index (χ1) is 9.15. The van der Waals surface area contributed by atoms with Crippen LogP contribution in [0, 0.1) is 18.3 Å². The highest BCUT2D eigenvalue weighted by atomic mass is 32.1. The van der Waals surface area contributed by atoms with Gasteiger partial charge in [0.05, 0.1) is 17.9 Å². The van der Waals surface area contributed by atoms with E-state index in [1.54, 1.807) is 0 Å². The summed E-state index contributed by atoms with van der Waals surface area (Å²) in [6.45, 7) is 4.74. The van der Waals surface area contributed by atoms with Gasteiger partial charge in [0.15, 0.2) is 11.7 Å². The molecule has 0 bridgehead atoms. The van der Waals surface area contributed by atoms with Gasteiger partial charge in [0, 0.05) is 17.9 Å². The van der Waals surface area contributed by atoms with Gasteiger partial charge in [0.2, 0.25) is 0 Å². The Balaban J connectivity index is 2.09. The molecule has 1 saturated heterocycles. The summed E-state index contributed by atoms with van der Waals surface area (Å²) >= 11 is 1.46. The average molecular weight is 278 g/mol. The summed E-state index contributed by atoms with van der Waals surface area (Å²) in [5.41, 5.74) is 0.991. The highest BCUT2D eigenvalue weighted by Crippen LogP contribution is 2.28. The Kier molecular flexibility index (Phi) is 4.67. The molecule has 1 aliphatic heterocycles. The van der Waals surface area contributed by atoms with Crippen molar-refractivity contribution < 1.29 is 9.53 Å². The molecule has 0 aromatic carbocycles. The lowest BCUT2D eigenvalue weighted by molar-refractivity contribution is -0.121. The van der Waals surface area contributed by atoms with Gasteiger partial charge < -0.3 is 4.74 Å². The third kappa shape index (κ3) is 3.20. The number of hydrogen-bond donors (Lipinski definition) is 0. The van der Waals surface area contributed by atoms with E-state index in [1.807, 2.05) is 13.8 Å². The molecule has 1 aliphatic rings. The van der Waals surface area contributed by atoms with E-state index < -0.39 is 5.92 Å². The number of hydrogen-bond acceptors (Lipinski definition) is 5. The third-order valence-corrected chi connectivity index (χ3v) is 4.47. The lowest BCUT2D eigenvalue weighted by atomic mass is 10.00. The Morgan fingerprint density at radius 2 is 2.47 bits per heavy atom. The lowest BCUT2D eigenvalue weighted by Gasteiger charge is -2.10. The van der Waals surface area contributed by atoms with Crippen LogP contribution in [0.3, 0.4) is 0 Å². The van der Waals surface area contributed by atoms with E-state index in [1.165, 1.54) is 11.3 Å². The molecule has 0 unspecified atom stereocenters. The Labute approximate surface area is 117 Å². The topological polar surface area (TPSA) is 63.0 Å². The van der Waals surface area contributed by atoms with Crippen molar-refractivity contribution >= 4 is 17.1 Å². The van der Waals surface area contributed by atoms with Crippen molar-refractivity contribution in [2.24, 2.45) is 0 Å². The second-order valence-electron chi connectivity index (χ2n) is 4.78. The lowest BCUT2D eigenvalue weighted by Crippen LogP contribution is -2.18. The minimum Gasteiger partial charge on any atom is -0.378 e. The van der Waals surface area contributed by atoms with Crippen molar-refractivity contribution in [2.45, 2.75) is 51.6 Å². The maximum absolute atomic E-state index is 12.2. The SMILES string of the molecule is CCc1nc([C@H](C#N)C(=O)C[C@@H]2CCCO2)sc1C. The molecule has 0 N–H and O–H groups in total. The maximum atomic E-state index is 12.2. The Hall–Kier alpha value is -1.25. The van der Waals surface area contributed by atoms with E-state index in [4.69, 9.17) is 4.74 Å². The summed E-state index contributed by atoms with van der Waals surface area (Å²) in [4.78, 5) is 17.7. The van der Waals surface area contributed by atoms with Gasteiger partial charge in [0.25, 0.3) is 0 Å². The Morgan fingerprint density at radius 1 is 1.68 bits per heavy atom. The van der Waals surface area contributed by atoms with E-state index in [0.717, 1.165) is 36.4 Å². The van der Waals surface area contributed by atoms with Crippen LogP contribution in [-0.4, -0.2) is 23.5 Å². The predicted octanol–water partition coefficient (Wildman–Crippen LogP) is 2.76. The van der Waals surface area contributed by atoms with Crippen LogP contribution >= 0.6 is 11.3 Å². The highest BCUT2D eigenvalue weighted by molar-refractivity contribution is 7.11. The monoisotopic (exact) mass is 278 g/mol. The molecule has 1 fully saturated rings. The zero-order chi connectivity index (χ0) is 13.8. The van der Waals surface area contributed by atoms with E-state index >= 15 is 0 Å². The van der Waals surface area contributed by atoms with Crippen LogP contribution in [0.5, 0.6) is 0 Å². The van der Waals surface area contributed by atoms with Gasteiger partial charge in [-0.15, -0.1) is 11.3 Å². The van der Waals surface area contributed by atoms with Crippen LogP contribution in [-0.2, 0) is 16.0 Å². The van der Waals surface area contributed by atoms with Crippen LogP contribution < -0.4 is 0 Å². The number of thiazole rings is 1. The molecule has 19 heavy (non-hydrogen) atoms. The minimum absolute atomic E-state index is 0.00458. The van der Waals surface area contributed by atoms with Crippen molar-refractivity contribution in [3.8, 4) is 6.07 Å². The highest BCUT2D eigenvalue weighted by Gasteiger charge is 2.28. The van der Waals surface area contributed by atoms with E-state index in [9.17, 15) is 10.1 Å². The first kappa shape index (κ1) is 14.2. The summed E-state index contributed by atoms with van der Waals surface area (Å²) in [6.07, 6.45) is 3.08. The zero-order valence-corrected chi connectivity index (χ0v) is 12.1. The number of ketones is 1. The summed E-state index contributed by atoms with van der Waals surface area (Å²) in [6, 6.07) is 2.10. The fourth-order valence-electron chi connectivity index (χ4n) is 2.31. The molecule has 0 amide bonds. The van der Waals surface area contributed by atoms with Gasteiger partial charge >= 0.3 is 0 Å². The van der Waals surface area contributed by atoms with Crippen molar-refractivity contribution in [3.05, 3.63) is 15.6 Å². The fourth-order valence-corrected chi connectivity index (χ4v) is 3.39. The molecule has 2 heterocycles. The van der Waals surface area contributed by atoms with Crippen LogP contribution in [0.4, 0.5) is 0 Å². The minimum atomic E-state index is -0.729. The third-order valence-electron chi connectivity index (χ3n) is 3.39. The predicted molar refractivity (Wildman–Crippen MR) is 73.2 cm³/mol. The van der Waals surface area contributed by atoms with Gasteiger partial charge in [-0.05, 0) is 26.2 Å². The second kappa shape index (κ2) is 6.27. The molecular formula is C14H18N2O2S. The molecule has 0 aliphatic carbocycles. The van der Waals surface area contributed by atoms with Crippen molar-refractivity contribution in [2.75, 3.05) is 6.61 Å². The number of rotatable bonds is 5. The van der Waals surface area contributed by atoms with Crippen LogP contribution in [0.25, 0.3) is 0 Å². The summed E-state index contributed by atoms with van der Waals surface area (Å²) in [7, 11) is 0. The molecule has 102 valence electrons. The van der Waals surface area contributed by atoms with E-state index in [-0.39, 0.29) is 11.9 Å². The van der Waals surface area contributed by atoms with E-state index in [0.29, 0.717) is 11.4 Å². The number of aromatic nitrogens is 1. The number of carbonyl (C=O) groups is 1. The van der Waals surface area contributed by atoms with Crippen LogP contribution in [0.2, 0.25) is 0 Å². The van der Waals surface area contributed by atoms with Crippen molar-refractivity contribution in [1.82, 2.24) is 4.98 Å². The fraction of sp³-hybridized carbons (Fsp3) is 0.643. The molecular weight excluding hydrogens is 260 g/mol. The molecule has 5 heteroatoms. The van der Waals surface area contributed by atoms with Gasteiger partial charge in [-0.3, -0.25) is 4.79 Å². The molecule has 4 nitrogen and oxygen atoms in total. The van der Waals surface area contributed by atoms with Gasteiger partial charge in [-0.1, -0.05) is 6.92 Å². The Morgan fingerprint density at radius 3 is 3.00 bits per heavy atom. The Bertz CT molecular complexity index is 498. The summed E-state index contributed by atoms with van der Waals surface area (Å²) in [5, 5.41) is 9.89. The average Bonchev–Trinajstić information content (AvgIpc) is 3.00. The number of ether oxygens (including phenoxy) is 1. The number of carbonyl (C=O) groups excluding carboxylic acids is 1. The zero-order valence-electron chi connectivity index (χ0n) is 11.3. The first-order valence-electron chi connectivity index (χ1n) is 6.65. The summed E-state index contributed by atoms with van der Waals surface area (Å²) < 4.78 is 5.46. The first-order valence-corrected chi connectivity index (χ1v) is 7.47. The number of Topliss-reactive ketones (excluding diaryl/α,β-unsaturated/α-hetero) is 1. The molecule has 1 aromatic rings. The normalized spacial score (nSPS) is 20.2. The van der Waals surface area contributed by atoms with Crippen LogP contribution in [0.15, 0.2) is 0 Å². The van der Waals surface area contributed by atoms with Gasteiger partial charge in [-0.2, -0.15) is 5.26 Å². The van der Waals surface area contributed by atoms with E-state index in [2.05, 4.69) is 11.1 Å². The molecule has 2 rings (SSSR count). The summed E-state index contributed by atoms with van der Waals surface area (Å²) in [5.74, 6) is -0.793. The smallest absolute Gasteiger partial charge is 0.159 e. The molecule has 1 aromatic heterocycles. The van der Waals surface area contributed by atoms with Crippen LogP contribution in [0.1, 0.15) is 47.7 Å². The van der Waals surface area contributed by atoms with Crippen molar-refractivity contribution in [1.29, 1.82) is 5.26 Å². The number of aryl methyl sites for hydroxylation is 2. The molecule has 0 saturated carbocycles.